The number of amides is 1. The number of imidazole rings is 1. The maximum Gasteiger partial charge on any atom is 0.254 e. The fourth-order valence-electron chi connectivity index (χ4n) is 7.60. The first-order chi connectivity index (χ1) is 24.5. The number of carbonyl (C=O) groups is 1. The van der Waals surface area contributed by atoms with Gasteiger partial charge in [0, 0.05) is 62.3 Å². The van der Waals surface area contributed by atoms with Gasteiger partial charge < -0.3 is 33.5 Å². The van der Waals surface area contributed by atoms with Gasteiger partial charge in [0.15, 0.2) is 11.5 Å². The van der Waals surface area contributed by atoms with E-state index < -0.39 is 0 Å². The summed E-state index contributed by atoms with van der Waals surface area (Å²) in [6.07, 6.45) is 8.44. The molecule has 2 aromatic carbocycles. The van der Waals surface area contributed by atoms with Gasteiger partial charge in [0.25, 0.3) is 5.91 Å². The molecule has 0 N–H and O–H groups in total. The van der Waals surface area contributed by atoms with E-state index in [1.54, 1.807) is 33.5 Å². The van der Waals surface area contributed by atoms with E-state index in [0.717, 1.165) is 74.7 Å². The standard InChI is InChI=1S/C39H45N7O4/c1-48-34-25-29(26-35(49-2)36(34)50-3)37(47)45-22-15-39(28-45,30-12-17-40-18-13-30)14-21-43-19-8-20-44(24-23-43)38-42-32-10-4-5-11-33(32)46(38)27-31-9-6-7-16-41-31/h4-7,9-13,16-18,25-26H,8,14-15,19-24,27-28H2,1-3H3. The zero-order valence-corrected chi connectivity index (χ0v) is 29.1. The maximum atomic E-state index is 14.0. The van der Waals surface area contributed by atoms with Crippen molar-refractivity contribution < 1.29 is 19.0 Å². The number of carbonyl (C=O) groups excluding carboxylic acids is 1. The Hall–Kier alpha value is -5.16. The number of para-hydroxylation sites is 2. The molecule has 7 rings (SSSR count). The third kappa shape index (κ3) is 6.69. The van der Waals surface area contributed by atoms with Crippen LogP contribution in [0.15, 0.2) is 85.3 Å². The Balaban J connectivity index is 1.07. The van der Waals surface area contributed by atoms with E-state index in [1.807, 2.05) is 35.6 Å². The number of anilines is 1. The number of nitrogens with zero attached hydrogens (tertiary/aromatic N) is 7. The molecule has 0 spiro atoms. The van der Waals surface area contributed by atoms with Crippen molar-refractivity contribution in [2.45, 2.75) is 31.2 Å². The predicted octanol–water partition coefficient (Wildman–Crippen LogP) is 5.29. The number of pyridine rings is 2. The lowest BCUT2D eigenvalue weighted by Crippen LogP contribution is -2.39. The van der Waals surface area contributed by atoms with Crippen LogP contribution < -0.4 is 19.1 Å². The topological polar surface area (TPSA) is 98.1 Å². The van der Waals surface area contributed by atoms with Crippen molar-refractivity contribution in [3.8, 4) is 17.2 Å². The highest BCUT2D eigenvalue weighted by atomic mass is 16.5. The smallest absolute Gasteiger partial charge is 0.254 e. The van der Waals surface area contributed by atoms with Gasteiger partial charge in [-0.1, -0.05) is 18.2 Å². The van der Waals surface area contributed by atoms with Gasteiger partial charge in [0.2, 0.25) is 11.7 Å². The van der Waals surface area contributed by atoms with Crippen molar-refractivity contribution >= 4 is 22.9 Å². The van der Waals surface area contributed by atoms with Crippen molar-refractivity contribution in [3.05, 3.63) is 102 Å². The van der Waals surface area contributed by atoms with Crippen LogP contribution in [0.2, 0.25) is 0 Å². The Morgan fingerprint density at radius 2 is 1.62 bits per heavy atom. The highest BCUT2D eigenvalue weighted by Gasteiger charge is 2.42. The van der Waals surface area contributed by atoms with Gasteiger partial charge >= 0.3 is 0 Å². The van der Waals surface area contributed by atoms with Gasteiger partial charge in [-0.2, -0.15) is 0 Å². The van der Waals surface area contributed by atoms with Gasteiger partial charge in [0.05, 0.1) is 44.6 Å². The summed E-state index contributed by atoms with van der Waals surface area (Å²) in [6.45, 7) is 6.68. The van der Waals surface area contributed by atoms with Crippen molar-refractivity contribution in [2.75, 3.05) is 72.0 Å². The number of hydrogen-bond donors (Lipinski definition) is 0. The first-order valence-corrected chi connectivity index (χ1v) is 17.3. The molecule has 2 saturated heterocycles. The number of rotatable bonds is 11. The van der Waals surface area contributed by atoms with Crippen LogP contribution >= 0.6 is 0 Å². The molecular formula is C39H45N7O4. The molecule has 1 atom stereocenters. The number of benzene rings is 2. The third-order valence-electron chi connectivity index (χ3n) is 10.3. The minimum Gasteiger partial charge on any atom is -0.493 e. The molecule has 260 valence electrons. The molecule has 0 radical (unpaired) electrons. The summed E-state index contributed by atoms with van der Waals surface area (Å²) in [5.41, 5.74) is 4.72. The second-order valence-corrected chi connectivity index (χ2v) is 13.1. The van der Waals surface area contributed by atoms with Crippen LogP contribution in [0.4, 0.5) is 5.95 Å². The van der Waals surface area contributed by atoms with Crippen LogP contribution in [0.3, 0.4) is 0 Å². The Kier molecular flexibility index (Phi) is 9.84. The maximum absolute atomic E-state index is 14.0. The fraction of sp³-hybridized carbons (Fsp3) is 0.385. The highest BCUT2D eigenvalue weighted by molar-refractivity contribution is 5.96. The van der Waals surface area contributed by atoms with E-state index in [0.29, 0.717) is 42.4 Å². The third-order valence-corrected chi connectivity index (χ3v) is 10.3. The van der Waals surface area contributed by atoms with Crippen molar-refractivity contribution in [3.63, 3.8) is 0 Å². The first-order valence-electron chi connectivity index (χ1n) is 17.3. The van der Waals surface area contributed by atoms with E-state index in [4.69, 9.17) is 19.2 Å². The highest BCUT2D eigenvalue weighted by Crippen LogP contribution is 2.41. The SMILES string of the molecule is COc1cc(C(=O)N2CCC(CCN3CCCN(c4nc5ccccc5n4Cc4ccccn4)CC3)(c3ccncc3)C2)cc(OC)c1OC. The van der Waals surface area contributed by atoms with Crippen molar-refractivity contribution in [1.29, 1.82) is 0 Å². The molecule has 50 heavy (non-hydrogen) atoms. The van der Waals surface area contributed by atoms with Crippen LogP contribution in [0.5, 0.6) is 17.2 Å². The molecule has 2 fully saturated rings. The number of hydrogen-bond acceptors (Lipinski definition) is 9. The average Bonchev–Trinajstić information content (AvgIpc) is 3.68. The zero-order chi connectivity index (χ0) is 34.5. The van der Waals surface area contributed by atoms with Crippen LogP contribution in [0, 0.1) is 0 Å². The second-order valence-electron chi connectivity index (χ2n) is 13.1. The minimum atomic E-state index is -0.179. The van der Waals surface area contributed by atoms with E-state index >= 15 is 0 Å². The molecule has 2 aliphatic rings. The lowest BCUT2D eigenvalue weighted by atomic mass is 9.77. The summed E-state index contributed by atoms with van der Waals surface area (Å²) in [7, 11) is 4.69. The van der Waals surface area contributed by atoms with Gasteiger partial charge in [-0.25, -0.2) is 4.98 Å². The monoisotopic (exact) mass is 675 g/mol. The van der Waals surface area contributed by atoms with Crippen LogP contribution in [-0.4, -0.2) is 102 Å². The Morgan fingerprint density at radius 1 is 0.840 bits per heavy atom. The molecule has 1 amide bonds. The Morgan fingerprint density at radius 3 is 2.36 bits per heavy atom. The van der Waals surface area contributed by atoms with Crippen LogP contribution in [0.1, 0.15) is 40.9 Å². The first kappa shape index (κ1) is 33.3. The molecule has 1 unspecified atom stereocenters. The molecule has 5 heterocycles. The van der Waals surface area contributed by atoms with E-state index in [1.165, 1.54) is 5.56 Å². The molecule has 0 bridgehead atoms. The van der Waals surface area contributed by atoms with E-state index in [2.05, 4.69) is 66.8 Å². The molecule has 2 aliphatic heterocycles. The molecule has 0 aliphatic carbocycles. The predicted molar refractivity (Wildman–Crippen MR) is 193 cm³/mol. The molecule has 5 aromatic rings. The molecule has 0 saturated carbocycles. The summed E-state index contributed by atoms with van der Waals surface area (Å²) in [6, 6.07) is 22.1. The number of methoxy groups -OCH3 is 3. The van der Waals surface area contributed by atoms with Crippen LogP contribution in [-0.2, 0) is 12.0 Å². The van der Waals surface area contributed by atoms with Gasteiger partial charge in [-0.3, -0.25) is 14.8 Å². The van der Waals surface area contributed by atoms with E-state index in [-0.39, 0.29) is 11.3 Å². The number of likely N-dealkylation sites (tertiary alicyclic amines) is 1. The summed E-state index contributed by atoms with van der Waals surface area (Å²) in [5.74, 6) is 2.37. The Labute approximate surface area is 293 Å². The number of fused-ring (bicyclic) bond motifs is 1. The largest absolute Gasteiger partial charge is 0.493 e. The number of aromatic nitrogens is 4. The summed E-state index contributed by atoms with van der Waals surface area (Å²) >= 11 is 0. The fourth-order valence-corrected chi connectivity index (χ4v) is 7.60. The molecule has 3 aromatic heterocycles. The molecular weight excluding hydrogens is 630 g/mol. The minimum absolute atomic E-state index is 0.0424. The zero-order valence-electron chi connectivity index (χ0n) is 29.1. The van der Waals surface area contributed by atoms with Crippen molar-refractivity contribution in [2.24, 2.45) is 0 Å². The van der Waals surface area contributed by atoms with Gasteiger partial charge in [-0.15, -0.1) is 0 Å². The van der Waals surface area contributed by atoms with Gasteiger partial charge in [-0.05, 0) is 86.4 Å². The molecule has 11 nitrogen and oxygen atoms in total. The lowest BCUT2D eigenvalue weighted by molar-refractivity contribution is 0.0780. The second kappa shape index (κ2) is 14.8. The summed E-state index contributed by atoms with van der Waals surface area (Å²) in [4.78, 5) is 35.0. The van der Waals surface area contributed by atoms with Gasteiger partial charge in [0.1, 0.15) is 0 Å². The number of ether oxygens (including phenoxy) is 3. The normalized spacial score (nSPS) is 18.3. The van der Waals surface area contributed by atoms with Crippen molar-refractivity contribution in [1.82, 2.24) is 29.3 Å². The lowest BCUT2D eigenvalue weighted by Gasteiger charge is -2.33. The van der Waals surface area contributed by atoms with E-state index in [9.17, 15) is 4.79 Å². The quantitative estimate of drug-likeness (QED) is 0.185. The Bertz CT molecular complexity index is 1890. The summed E-state index contributed by atoms with van der Waals surface area (Å²) in [5, 5.41) is 0. The summed E-state index contributed by atoms with van der Waals surface area (Å²) < 4.78 is 18.9. The van der Waals surface area contributed by atoms with Crippen LogP contribution in [0.25, 0.3) is 11.0 Å². The average molecular weight is 676 g/mol. The molecule has 11 heteroatoms.